The van der Waals surface area contributed by atoms with Crippen molar-refractivity contribution in [3.05, 3.63) is 106 Å². The minimum absolute atomic E-state index is 0.204. The van der Waals surface area contributed by atoms with E-state index in [0.717, 1.165) is 38.0 Å². The Morgan fingerprint density at radius 2 is 1.61 bits per heavy atom. The smallest absolute Gasteiger partial charge is 0.195 e. The van der Waals surface area contributed by atoms with E-state index < -0.39 is 5.79 Å². The van der Waals surface area contributed by atoms with Crippen molar-refractivity contribution in [3.8, 4) is 0 Å². The molecule has 3 aliphatic heterocycles. The predicted octanol–water partition coefficient (Wildman–Crippen LogP) is 6.94. The maximum Gasteiger partial charge on any atom is 0.195 e. The summed E-state index contributed by atoms with van der Waals surface area (Å²) in [4.78, 5) is 2.60. The lowest BCUT2D eigenvalue weighted by atomic mass is 9.84. The molecule has 0 N–H and O–H groups in total. The maximum atomic E-state index is 13.5. The van der Waals surface area contributed by atoms with E-state index in [-0.39, 0.29) is 10.6 Å². The van der Waals surface area contributed by atoms with Crippen LogP contribution in [0, 0.1) is 12.7 Å². The van der Waals surface area contributed by atoms with Gasteiger partial charge in [0.15, 0.2) is 5.79 Å². The van der Waals surface area contributed by atoms with Crippen molar-refractivity contribution in [2.75, 3.05) is 32.8 Å². The Hall–Kier alpha value is -2.18. The molecule has 6 rings (SSSR count). The minimum Gasteiger partial charge on any atom is -0.343 e. The van der Waals surface area contributed by atoms with Crippen LogP contribution in [-0.4, -0.2) is 37.7 Å². The number of fused-ring (bicyclic) bond motifs is 2. The van der Waals surface area contributed by atoms with Crippen LogP contribution in [0.2, 0.25) is 0 Å². The van der Waals surface area contributed by atoms with Crippen molar-refractivity contribution >= 4 is 11.8 Å². The zero-order chi connectivity index (χ0) is 24.6. The minimum atomic E-state index is -0.730. The first-order valence-electron chi connectivity index (χ1n) is 13.2. The summed E-state index contributed by atoms with van der Waals surface area (Å²) >= 11 is 2.17. The second-order valence-electron chi connectivity index (χ2n) is 10.4. The van der Waals surface area contributed by atoms with Crippen LogP contribution in [0.15, 0.2) is 72.8 Å². The van der Waals surface area contributed by atoms with E-state index in [0.29, 0.717) is 18.5 Å². The summed E-state index contributed by atoms with van der Waals surface area (Å²) in [7, 11) is 0. The molecule has 2 fully saturated rings. The van der Waals surface area contributed by atoms with Gasteiger partial charge in [0.05, 0.1) is 18.5 Å². The summed E-state index contributed by atoms with van der Waals surface area (Å²) in [6, 6.07) is 24.8. The summed E-state index contributed by atoms with van der Waals surface area (Å²) in [5.41, 5.74) is 6.69. The van der Waals surface area contributed by atoms with Gasteiger partial charge < -0.3 is 14.4 Å². The fourth-order valence-corrected chi connectivity index (χ4v) is 7.96. The van der Waals surface area contributed by atoms with Crippen LogP contribution in [0.1, 0.15) is 58.8 Å². The average molecular weight is 504 g/mol. The Balaban J connectivity index is 1.10. The van der Waals surface area contributed by atoms with Crippen LogP contribution >= 0.6 is 11.8 Å². The second-order valence-corrected chi connectivity index (χ2v) is 11.9. The SMILES string of the molecule is Cc1ccc(C2SC3(CCN(CCCC4(c5ccc(F)cc5)OCCO4)CC3)c3ccccc32)cc1. The molecule has 1 atom stereocenters. The van der Waals surface area contributed by atoms with E-state index in [1.165, 1.54) is 41.7 Å². The third-order valence-corrected chi connectivity index (χ3v) is 9.98. The number of thioether (sulfide) groups is 1. The Labute approximate surface area is 218 Å². The quantitative estimate of drug-likeness (QED) is 0.363. The Morgan fingerprint density at radius 1 is 0.917 bits per heavy atom. The lowest BCUT2D eigenvalue weighted by Gasteiger charge is -2.40. The summed E-state index contributed by atoms with van der Waals surface area (Å²) in [5.74, 6) is -0.961. The summed E-state index contributed by atoms with van der Waals surface area (Å²) in [6.07, 6.45) is 4.12. The molecule has 5 heteroatoms. The van der Waals surface area contributed by atoms with Gasteiger partial charge in [-0.25, -0.2) is 4.39 Å². The standard InChI is InChI=1S/C31H34FNO2S/c1-23-7-9-24(10-8-23)29-27-5-2-3-6-28(27)30(36-29)16-19-33(20-17-30)18-4-15-31(34-21-22-35-31)25-11-13-26(32)14-12-25/h2-3,5-14,29H,4,15-22H2,1H3. The van der Waals surface area contributed by atoms with Gasteiger partial charge in [0.25, 0.3) is 0 Å². The van der Waals surface area contributed by atoms with Crippen LogP contribution in [0.3, 0.4) is 0 Å². The largest absolute Gasteiger partial charge is 0.343 e. The molecular weight excluding hydrogens is 469 g/mol. The third kappa shape index (κ3) is 4.51. The number of likely N-dealkylation sites (tertiary alicyclic amines) is 1. The lowest BCUT2D eigenvalue weighted by Crippen LogP contribution is -2.41. The van der Waals surface area contributed by atoms with E-state index in [9.17, 15) is 4.39 Å². The van der Waals surface area contributed by atoms with E-state index in [1.54, 1.807) is 17.7 Å². The van der Waals surface area contributed by atoms with E-state index in [2.05, 4.69) is 72.1 Å². The van der Waals surface area contributed by atoms with E-state index >= 15 is 0 Å². The molecule has 3 nitrogen and oxygen atoms in total. The van der Waals surface area contributed by atoms with Gasteiger partial charge in [-0.1, -0.05) is 66.2 Å². The Morgan fingerprint density at radius 3 is 2.33 bits per heavy atom. The molecule has 3 aliphatic rings. The molecular formula is C31H34FNO2S. The molecule has 3 aromatic rings. The first kappa shape index (κ1) is 24.2. The molecule has 0 aromatic heterocycles. The summed E-state index contributed by atoms with van der Waals surface area (Å²) in [6.45, 7) is 6.56. The van der Waals surface area contributed by atoms with Crippen molar-refractivity contribution in [1.82, 2.24) is 4.90 Å². The van der Waals surface area contributed by atoms with E-state index in [1.807, 2.05) is 0 Å². The highest BCUT2D eigenvalue weighted by Crippen LogP contribution is 2.61. The number of ether oxygens (including phenoxy) is 2. The van der Waals surface area contributed by atoms with Gasteiger partial charge in [-0.2, -0.15) is 0 Å². The van der Waals surface area contributed by atoms with Gasteiger partial charge in [0, 0.05) is 16.7 Å². The number of hydrogen-bond donors (Lipinski definition) is 0. The number of aryl methyl sites for hydroxylation is 1. The molecule has 188 valence electrons. The molecule has 3 heterocycles. The van der Waals surface area contributed by atoms with Crippen LogP contribution < -0.4 is 0 Å². The lowest BCUT2D eigenvalue weighted by molar-refractivity contribution is -0.172. The number of halogens is 1. The third-order valence-electron chi connectivity index (χ3n) is 8.14. The molecule has 1 unspecified atom stereocenters. The summed E-state index contributed by atoms with van der Waals surface area (Å²) < 4.78 is 25.8. The van der Waals surface area contributed by atoms with Gasteiger partial charge >= 0.3 is 0 Å². The van der Waals surface area contributed by atoms with Crippen molar-refractivity contribution in [3.63, 3.8) is 0 Å². The second kappa shape index (κ2) is 9.94. The predicted molar refractivity (Wildman–Crippen MR) is 144 cm³/mol. The highest BCUT2D eigenvalue weighted by atomic mass is 32.2. The molecule has 0 radical (unpaired) electrons. The fourth-order valence-electron chi connectivity index (χ4n) is 6.16. The van der Waals surface area contributed by atoms with Crippen LogP contribution in [0.5, 0.6) is 0 Å². The van der Waals surface area contributed by atoms with Gasteiger partial charge in [-0.3, -0.25) is 0 Å². The van der Waals surface area contributed by atoms with Gasteiger partial charge in [-0.15, -0.1) is 11.8 Å². The number of benzene rings is 3. The fraction of sp³-hybridized carbons (Fsp3) is 0.419. The number of piperidine rings is 1. The molecule has 0 aliphatic carbocycles. The van der Waals surface area contributed by atoms with Gasteiger partial charge in [0.2, 0.25) is 0 Å². The highest BCUT2D eigenvalue weighted by molar-refractivity contribution is 8.01. The van der Waals surface area contributed by atoms with Gasteiger partial charge in [0.1, 0.15) is 5.82 Å². The zero-order valence-electron chi connectivity index (χ0n) is 20.9. The molecule has 36 heavy (non-hydrogen) atoms. The van der Waals surface area contributed by atoms with E-state index in [4.69, 9.17) is 9.47 Å². The topological polar surface area (TPSA) is 21.7 Å². The monoisotopic (exact) mass is 503 g/mol. The summed E-state index contributed by atoms with van der Waals surface area (Å²) in [5, 5.41) is 0.417. The Bertz CT molecular complexity index is 1180. The van der Waals surface area contributed by atoms with Crippen molar-refractivity contribution < 1.29 is 13.9 Å². The van der Waals surface area contributed by atoms with Crippen molar-refractivity contribution in [2.24, 2.45) is 0 Å². The van der Waals surface area contributed by atoms with Gasteiger partial charge in [-0.05, 0) is 74.6 Å². The van der Waals surface area contributed by atoms with Crippen LogP contribution in [-0.2, 0) is 20.0 Å². The number of hydrogen-bond acceptors (Lipinski definition) is 4. The van der Waals surface area contributed by atoms with Crippen LogP contribution in [0.4, 0.5) is 4.39 Å². The van der Waals surface area contributed by atoms with Crippen LogP contribution in [0.25, 0.3) is 0 Å². The molecule has 0 bridgehead atoms. The number of rotatable bonds is 6. The van der Waals surface area contributed by atoms with Crippen molar-refractivity contribution in [2.45, 2.75) is 48.4 Å². The molecule has 3 aromatic carbocycles. The average Bonchev–Trinajstić information content (AvgIpc) is 3.51. The first-order valence-corrected chi connectivity index (χ1v) is 14.1. The molecule has 0 saturated carbocycles. The molecule has 0 amide bonds. The number of nitrogens with zero attached hydrogens (tertiary/aromatic N) is 1. The maximum absolute atomic E-state index is 13.5. The highest BCUT2D eigenvalue weighted by Gasteiger charge is 2.46. The Kier molecular flexibility index (Phi) is 6.67. The first-order chi connectivity index (χ1) is 17.6. The molecule has 2 saturated heterocycles. The zero-order valence-corrected chi connectivity index (χ0v) is 21.7. The molecule has 1 spiro atoms. The van der Waals surface area contributed by atoms with Crippen molar-refractivity contribution in [1.29, 1.82) is 0 Å². The normalized spacial score (nSPS) is 22.7.